The molecule has 0 bridgehead atoms. The third-order valence-electron chi connectivity index (χ3n) is 3.93. The second-order valence-electron chi connectivity index (χ2n) is 6.31. The fraction of sp³-hybridized carbons (Fsp3) is 0.400. The first-order valence-corrected chi connectivity index (χ1v) is 9.19. The third-order valence-corrected chi connectivity index (χ3v) is 4.67. The molecule has 0 aliphatic rings. The maximum atomic E-state index is 6.14. The van der Waals surface area contributed by atoms with Crippen molar-refractivity contribution in [3.05, 3.63) is 57.6 Å². The van der Waals surface area contributed by atoms with Crippen LogP contribution in [0.2, 0.25) is 0 Å². The Kier molecular flexibility index (Phi) is 7.75. The van der Waals surface area contributed by atoms with Gasteiger partial charge >= 0.3 is 0 Å². The van der Waals surface area contributed by atoms with Crippen molar-refractivity contribution >= 4 is 15.9 Å². The van der Waals surface area contributed by atoms with E-state index < -0.39 is 0 Å². The molecule has 4 nitrogen and oxygen atoms in total. The molecule has 0 aromatic heterocycles. The lowest BCUT2D eigenvalue weighted by atomic mass is 10.1. The fourth-order valence-corrected chi connectivity index (χ4v) is 2.87. The maximum Gasteiger partial charge on any atom is 0.167 e. The number of rotatable bonds is 9. The van der Waals surface area contributed by atoms with Crippen LogP contribution in [-0.2, 0) is 13.2 Å². The van der Waals surface area contributed by atoms with Gasteiger partial charge in [0.1, 0.15) is 6.61 Å². The van der Waals surface area contributed by atoms with E-state index in [4.69, 9.17) is 9.47 Å². The molecule has 25 heavy (non-hydrogen) atoms. The molecule has 0 unspecified atom stereocenters. The lowest BCUT2D eigenvalue weighted by Gasteiger charge is -2.18. The number of benzene rings is 2. The van der Waals surface area contributed by atoms with E-state index in [0.717, 1.165) is 46.7 Å². The van der Waals surface area contributed by atoms with Gasteiger partial charge in [0, 0.05) is 29.7 Å². The van der Waals surface area contributed by atoms with Crippen molar-refractivity contribution in [3.8, 4) is 11.5 Å². The minimum atomic E-state index is 0.512. The van der Waals surface area contributed by atoms with Crippen LogP contribution in [0.1, 0.15) is 16.7 Å². The number of likely N-dealkylation sites (N-methyl/N-ethyl adjacent to an activating group) is 1. The van der Waals surface area contributed by atoms with Crippen LogP contribution in [0.15, 0.2) is 40.9 Å². The highest BCUT2D eigenvalue weighted by Gasteiger charge is 2.14. The highest BCUT2D eigenvalue weighted by molar-refractivity contribution is 9.10. The number of hydrogen-bond donors (Lipinski definition) is 1. The zero-order valence-electron chi connectivity index (χ0n) is 15.4. The summed E-state index contributed by atoms with van der Waals surface area (Å²) in [5, 5.41) is 3.46. The first-order chi connectivity index (χ1) is 12.0. The Labute approximate surface area is 159 Å². The second kappa shape index (κ2) is 9.80. The van der Waals surface area contributed by atoms with E-state index in [1.165, 1.54) is 5.56 Å². The first-order valence-electron chi connectivity index (χ1n) is 8.40. The molecule has 0 atom stereocenters. The number of ether oxygens (including phenoxy) is 2. The van der Waals surface area contributed by atoms with Gasteiger partial charge in [0.2, 0.25) is 0 Å². The van der Waals surface area contributed by atoms with Crippen molar-refractivity contribution in [3.63, 3.8) is 0 Å². The summed E-state index contributed by atoms with van der Waals surface area (Å²) in [5.74, 6) is 1.54. The van der Waals surface area contributed by atoms with E-state index in [2.05, 4.69) is 71.4 Å². The molecule has 0 spiro atoms. The van der Waals surface area contributed by atoms with Crippen molar-refractivity contribution in [2.45, 2.75) is 20.1 Å². The van der Waals surface area contributed by atoms with Crippen LogP contribution in [0.4, 0.5) is 0 Å². The van der Waals surface area contributed by atoms with Crippen molar-refractivity contribution in [2.75, 3.05) is 34.3 Å². The number of hydrogen-bond acceptors (Lipinski definition) is 4. The molecule has 5 heteroatoms. The Balaban J connectivity index is 2.12. The van der Waals surface area contributed by atoms with Gasteiger partial charge in [-0.05, 0) is 38.7 Å². The molecular formula is C20H27BrN2O2. The minimum Gasteiger partial charge on any atom is -0.493 e. The van der Waals surface area contributed by atoms with Crippen LogP contribution in [0.5, 0.6) is 11.5 Å². The largest absolute Gasteiger partial charge is 0.493 e. The van der Waals surface area contributed by atoms with Crippen LogP contribution >= 0.6 is 15.9 Å². The Hall–Kier alpha value is -1.56. The number of aryl methyl sites for hydroxylation is 1. The van der Waals surface area contributed by atoms with Gasteiger partial charge in [-0.2, -0.15) is 0 Å². The molecule has 0 aliphatic heterocycles. The van der Waals surface area contributed by atoms with Crippen LogP contribution in [0.25, 0.3) is 0 Å². The summed E-state index contributed by atoms with van der Waals surface area (Å²) in [6, 6.07) is 12.3. The standard InChI is InChI=1S/C20H27BrN2O2/c1-15-5-7-16(8-6-15)14-25-20-17(13-22-11-12-23(2)3)18(21)9-10-19(20)24-4/h5-10,22H,11-14H2,1-4H3. The summed E-state index contributed by atoms with van der Waals surface area (Å²) in [7, 11) is 5.81. The highest BCUT2D eigenvalue weighted by atomic mass is 79.9. The molecule has 0 heterocycles. The van der Waals surface area contributed by atoms with Crippen LogP contribution in [-0.4, -0.2) is 39.2 Å². The summed E-state index contributed by atoms with van der Waals surface area (Å²) in [6.07, 6.45) is 0. The van der Waals surface area contributed by atoms with Gasteiger partial charge in [0.25, 0.3) is 0 Å². The average molecular weight is 407 g/mol. The summed E-state index contributed by atoms with van der Waals surface area (Å²) in [4.78, 5) is 2.16. The smallest absolute Gasteiger partial charge is 0.167 e. The SMILES string of the molecule is COc1ccc(Br)c(CNCCN(C)C)c1OCc1ccc(C)cc1. The monoisotopic (exact) mass is 406 g/mol. The molecule has 2 aromatic carbocycles. The Bertz CT molecular complexity index is 672. The molecule has 0 saturated heterocycles. The predicted molar refractivity (Wildman–Crippen MR) is 106 cm³/mol. The van der Waals surface area contributed by atoms with E-state index in [-0.39, 0.29) is 0 Å². The Morgan fingerprint density at radius 1 is 1.08 bits per heavy atom. The molecule has 0 radical (unpaired) electrons. The predicted octanol–water partition coefficient (Wildman–Crippen LogP) is 4.00. The van der Waals surface area contributed by atoms with Crippen molar-refractivity contribution in [1.29, 1.82) is 0 Å². The third kappa shape index (κ3) is 6.03. The molecule has 1 N–H and O–H groups in total. The molecule has 136 valence electrons. The number of halogens is 1. The lowest BCUT2D eigenvalue weighted by Crippen LogP contribution is -2.26. The maximum absolute atomic E-state index is 6.14. The van der Waals surface area contributed by atoms with Gasteiger partial charge in [-0.1, -0.05) is 45.8 Å². The van der Waals surface area contributed by atoms with E-state index in [1.54, 1.807) is 7.11 Å². The number of methoxy groups -OCH3 is 1. The van der Waals surface area contributed by atoms with E-state index in [9.17, 15) is 0 Å². The van der Waals surface area contributed by atoms with Gasteiger partial charge in [0.05, 0.1) is 7.11 Å². The average Bonchev–Trinajstić information content (AvgIpc) is 2.59. The van der Waals surface area contributed by atoms with Crippen LogP contribution < -0.4 is 14.8 Å². The lowest BCUT2D eigenvalue weighted by molar-refractivity contribution is 0.280. The second-order valence-corrected chi connectivity index (χ2v) is 7.17. The summed E-state index contributed by atoms with van der Waals surface area (Å²) in [5.41, 5.74) is 3.46. The van der Waals surface area contributed by atoms with E-state index >= 15 is 0 Å². The zero-order chi connectivity index (χ0) is 18.2. The van der Waals surface area contributed by atoms with E-state index in [0.29, 0.717) is 6.61 Å². The normalized spacial score (nSPS) is 11.0. The summed E-state index contributed by atoms with van der Waals surface area (Å²) >= 11 is 3.64. The highest BCUT2D eigenvalue weighted by Crippen LogP contribution is 2.36. The molecule has 0 fully saturated rings. The van der Waals surface area contributed by atoms with Gasteiger partial charge < -0.3 is 19.7 Å². The minimum absolute atomic E-state index is 0.512. The van der Waals surface area contributed by atoms with Crippen LogP contribution in [0.3, 0.4) is 0 Å². The molecule has 2 aromatic rings. The molecule has 0 saturated carbocycles. The van der Waals surface area contributed by atoms with E-state index in [1.807, 2.05) is 12.1 Å². The molecule has 0 amide bonds. The summed E-state index contributed by atoms with van der Waals surface area (Å²) in [6.45, 7) is 5.21. The molecular weight excluding hydrogens is 380 g/mol. The molecule has 0 aliphatic carbocycles. The van der Waals surface area contributed by atoms with Gasteiger partial charge in [0.15, 0.2) is 11.5 Å². The van der Waals surface area contributed by atoms with Gasteiger partial charge in [-0.15, -0.1) is 0 Å². The molecule has 2 rings (SSSR count). The van der Waals surface area contributed by atoms with Crippen molar-refractivity contribution in [2.24, 2.45) is 0 Å². The quantitative estimate of drug-likeness (QED) is 0.638. The Morgan fingerprint density at radius 2 is 1.80 bits per heavy atom. The van der Waals surface area contributed by atoms with Gasteiger partial charge in [-0.3, -0.25) is 0 Å². The van der Waals surface area contributed by atoms with Crippen molar-refractivity contribution < 1.29 is 9.47 Å². The van der Waals surface area contributed by atoms with Crippen molar-refractivity contribution in [1.82, 2.24) is 10.2 Å². The number of nitrogens with zero attached hydrogens (tertiary/aromatic N) is 1. The first kappa shape index (κ1) is 19.8. The fourth-order valence-electron chi connectivity index (χ4n) is 2.42. The van der Waals surface area contributed by atoms with Crippen LogP contribution in [0, 0.1) is 6.92 Å². The number of nitrogens with one attached hydrogen (secondary N) is 1. The zero-order valence-corrected chi connectivity index (χ0v) is 17.0. The van der Waals surface area contributed by atoms with Gasteiger partial charge in [-0.25, -0.2) is 0 Å². The topological polar surface area (TPSA) is 33.7 Å². The Morgan fingerprint density at radius 3 is 2.44 bits per heavy atom. The summed E-state index contributed by atoms with van der Waals surface area (Å²) < 4.78 is 12.7.